The molecule has 5 nitrogen and oxygen atoms in total. The molecule has 0 amide bonds. The molecule has 5 heteroatoms. The fourth-order valence-electron chi connectivity index (χ4n) is 1.58. The predicted molar refractivity (Wildman–Crippen MR) is 77.5 cm³/mol. The number of hydrogen-bond acceptors (Lipinski definition) is 5. The summed E-state index contributed by atoms with van der Waals surface area (Å²) in [5.41, 5.74) is 10.7. The molecular formula is C15H22N2O3. The molecule has 0 radical (unpaired) electrons. The fraction of sp³-hybridized carbons (Fsp3) is 0.400. The summed E-state index contributed by atoms with van der Waals surface area (Å²) in [6, 6.07) is 8.04. The molecule has 3 N–H and O–H groups in total. The summed E-state index contributed by atoms with van der Waals surface area (Å²) in [6.07, 6.45) is 2.75. The minimum absolute atomic E-state index is 0.385. The molecule has 0 unspecified atom stereocenters. The van der Waals surface area contributed by atoms with Crippen molar-refractivity contribution >= 4 is 5.97 Å². The van der Waals surface area contributed by atoms with Crippen molar-refractivity contribution in [2.24, 2.45) is 5.73 Å². The van der Waals surface area contributed by atoms with E-state index < -0.39 is 0 Å². The van der Waals surface area contributed by atoms with Gasteiger partial charge in [0.1, 0.15) is 0 Å². The first-order valence-electron chi connectivity index (χ1n) is 6.68. The summed E-state index contributed by atoms with van der Waals surface area (Å²) in [4.78, 5) is 16.1. The summed E-state index contributed by atoms with van der Waals surface area (Å²) in [5.74, 6) is -0.385. The van der Waals surface area contributed by atoms with Crippen LogP contribution in [0.15, 0.2) is 36.9 Å². The minimum Gasteiger partial charge on any atom is -0.463 e. The third-order valence-corrected chi connectivity index (χ3v) is 2.66. The number of unbranched alkanes of at least 4 members (excludes halogenated alkanes) is 1. The number of rotatable bonds is 10. The monoisotopic (exact) mass is 278 g/mol. The van der Waals surface area contributed by atoms with Gasteiger partial charge in [-0.25, -0.2) is 4.79 Å². The molecule has 0 saturated carbocycles. The van der Waals surface area contributed by atoms with Gasteiger partial charge in [-0.2, -0.15) is 5.48 Å². The SMILES string of the molecule is C=CC(=O)OCCCCONCc1cccc(CN)c1. The molecule has 0 saturated heterocycles. The zero-order valence-electron chi connectivity index (χ0n) is 11.6. The molecular weight excluding hydrogens is 256 g/mol. The largest absolute Gasteiger partial charge is 0.463 e. The highest BCUT2D eigenvalue weighted by Crippen LogP contribution is 2.04. The second-order valence-electron chi connectivity index (χ2n) is 4.27. The van der Waals surface area contributed by atoms with Gasteiger partial charge in [0.2, 0.25) is 0 Å². The molecule has 0 bridgehead atoms. The molecule has 0 aliphatic heterocycles. The van der Waals surface area contributed by atoms with Crippen LogP contribution >= 0.6 is 0 Å². The van der Waals surface area contributed by atoms with Crippen molar-refractivity contribution in [2.45, 2.75) is 25.9 Å². The van der Waals surface area contributed by atoms with Crippen LogP contribution < -0.4 is 11.2 Å². The highest BCUT2D eigenvalue weighted by Gasteiger charge is 1.97. The first-order valence-corrected chi connectivity index (χ1v) is 6.68. The van der Waals surface area contributed by atoms with Crippen LogP contribution in [0.4, 0.5) is 0 Å². The second kappa shape index (κ2) is 10.1. The number of ether oxygens (including phenoxy) is 1. The molecule has 0 spiro atoms. The number of nitrogens with two attached hydrogens (primary N) is 1. The number of carbonyl (C=O) groups is 1. The van der Waals surface area contributed by atoms with E-state index in [1.807, 2.05) is 24.3 Å². The third-order valence-electron chi connectivity index (χ3n) is 2.66. The molecule has 1 aromatic rings. The van der Waals surface area contributed by atoms with Gasteiger partial charge >= 0.3 is 5.97 Å². The van der Waals surface area contributed by atoms with Gasteiger partial charge in [-0.1, -0.05) is 30.8 Å². The van der Waals surface area contributed by atoms with E-state index in [4.69, 9.17) is 15.3 Å². The Morgan fingerprint density at radius 1 is 1.30 bits per heavy atom. The first-order chi connectivity index (χ1) is 9.76. The molecule has 110 valence electrons. The van der Waals surface area contributed by atoms with Crippen LogP contribution in [0.2, 0.25) is 0 Å². The van der Waals surface area contributed by atoms with Gasteiger partial charge in [-0.15, -0.1) is 0 Å². The molecule has 0 aromatic heterocycles. The normalized spacial score (nSPS) is 10.2. The highest BCUT2D eigenvalue weighted by molar-refractivity contribution is 5.81. The van der Waals surface area contributed by atoms with E-state index >= 15 is 0 Å². The van der Waals surface area contributed by atoms with Crippen LogP contribution in [-0.4, -0.2) is 19.2 Å². The predicted octanol–water partition coefficient (Wildman–Crippen LogP) is 1.68. The van der Waals surface area contributed by atoms with Gasteiger partial charge in [-0.3, -0.25) is 0 Å². The average Bonchev–Trinajstić information content (AvgIpc) is 2.49. The maximum absolute atomic E-state index is 10.8. The molecule has 0 aliphatic carbocycles. The van der Waals surface area contributed by atoms with E-state index in [-0.39, 0.29) is 5.97 Å². The van der Waals surface area contributed by atoms with E-state index in [0.29, 0.717) is 26.3 Å². The number of hydroxylamine groups is 1. The van der Waals surface area contributed by atoms with Crippen molar-refractivity contribution in [1.82, 2.24) is 5.48 Å². The standard InChI is InChI=1S/C15H22N2O3/c1-2-15(18)19-8-3-4-9-20-17-12-14-7-5-6-13(10-14)11-16/h2,5-7,10,17H,1,3-4,8-9,11-12,16H2. The van der Waals surface area contributed by atoms with Crippen LogP contribution in [0.5, 0.6) is 0 Å². The quantitative estimate of drug-likeness (QED) is 0.295. The Morgan fingerprint density at radius 2 is 2.05 bits per heavy atom. The van der Waals surface area contributed by atoms with E-state index in [2.05, 4.69) is 12.1 Å². The summed E-state index contributed by atoms with van der Waals surface area (Å²) >= 11 is 0. The van der Waals surface area contributed by atoms with E-state index in [1.165, 1.54) is 0 Å². The molecule has 1 rings (SSSR count). The Kier molecular flexibility index (Phi) is 8.30. The molecule has 0 heterocycles. The van der Waals surface area contributed by atoms with E-state index in [0.717, 1.165) is 30.0 Å². The van der Waals surface area contributed by atoms with Crippen LogP contribution in [-0.2, 0) is 27.5 Å². The summed E-state index contributed by atoms with van der Waals surface area (Å²) < 4.78 is 4.85. The lowest BCUT2D eigenvalue weighted by Crippen LogP contribution is -2.15. The number of esters is 1. The number of hydrogen-bond donors (Lipinski definition) is 2. The van der Waals surface area contributed by atoms with Crippen LogP contribution in [0, 0.1) is 0 Å². The Balaban J connectivity index is 2.01. The number of nitrogens with one attached hydrogen (secondary N) is 1. The average molecular weight is 278 g/mol. The Hall–Kier alpha value is -1.69. The summed E-state index contributed by atoms with van der Waals surface area (Å²) in [5, 5.41) is 0. The minimum atomic E-state index is -0.385. The molecule has 20 heavy (non-hydrogen) atoms. The van der Waals surface area contributed by atoms with Crippen molar-refractivity contribution in [3.8, 4) is 0 Å². The van der Waals surface area contributed by atoms with Crippen LogP contribution in [0.25, 0.3) is 0 Å². The number of benzene rings is 1. The van der Waals surface area contributed by atoms with Gasteiger partial charge in [0.25, 0.3) is 0 Å². The second-order valence-corrected chi connectivity index (χ2v) is 4.27. The lowest BCUT2D eigenvalue weighted by Gasteiger charge is -2.07. The van der Waals surface area contributed by atoms with Crippen molar-refractivity contribution in [3.63, 3.8) is 0 Å². The number of carbonyl (C=O) groups excluding carboxylic acids is 1. The van der Waals surface area contributed by atoms with Crippen molar-refractivity contribution < 1.29 is 14.4 Å². The Bertz CT molecular complexity index is 421. The highest BCUT2D eigenvalue weighted by atomic mass is 16.6. The van der Waals surface area contributed by atoms with Gasteiger partial charge in [0.05, 0.1) is 13.2 Å². The van der Waals surface area contributed by atoms with Crippen molar-refractivity contribution in [3.05, 3.63) is 48.0 Å². The first kappa shape index (κ1) is 16.4. The zero-order valence-corrected chi connectivity index (χ0v) is 11.6. The summed E-state index contributed by atoms with van der Waals surface area (Å²) in [7, 11) is 0. The summed E-state index contributed by atoms with van der Waals surface area (Å²) in [6.45, 7) is 5.47. The van der Waals surface area contributed by atoms with Crippen molar-refractivity contribution in [2.75, 3.05) is 13.2 Å². The Morgan fingerprint density at radius 3 is 2.80 bits per heavy atom. The third kappa shape index (κ3) is 7.04. The van der Waals surface area contributed by atoms with Crippen molar-refractivity contribution in [1.29, 1.82) is 0 Å². The van der Waals surface area contributed by atoms with E-state index in [1.54, 1.807) is 0 Å². The van der Waals surface area contributed by atoms with Gasteiger partial charge in [0, 0.05) is 19.2 Å². The van der Waals surface area contributed by atoms with Crippen LogP contribution in [0.3, 0.4) is 0 Å². The molecule has 0 atom stereocenters. The molecule has 0 fully saturated rings. The van der Waals surface area contributed by atoms with E-state index in [9.17, 15) is 4.79 Å². The zero-order chi connectivity index (χ0) is 14.6. The fourth-order valence-corrected chi connectivity index (χ4v) is 1.58. The lowest BCUT2D eigenvalue weighted by atomic mass is 10.1. The Labute approximate surface area is 119 Å². The van der Waals surface area contributed by atoms with Gasteiger partial charge < -0.3 is 15.3 Å². The maximum Gasteiger partial charge on any atom is 0.330 e. The van der Waals surface area contributed by atoms with Crippen LogP contribution in [0.1, 0.15) is 24.0 Å². The smallest absolute Gasteiger partial charge is 0.330 e. The lowest BCUT2D eigenvalue weighted by molar-refractivity contribution is -0.137. The van der Waals surface area contributed by atoms with Gasteiger partial charge in [0.15, 0.2) is 0 Å². The molecule has 1 aromatic carbocycles. The topological polar surface area (TPSA) is 73.6 Å². The van der Waals surface area contributed by atoms with Gasteiger partial charge in [-0.05, 0) is 24.0 Å². The molecule has 0 aliphatic rings. The maximum atomic E-state index is 10.8.